The molecule has 1 fully saturated rings. The van der Waals surface area contributed by atoms with Gasteiger partial charge in [-0.3, -0.25) is 9.69 Å². The first kappa shape index (κ1) is 22.1. The lowest BCUT2D eigenvalue weighted by Gasteiger charge is -2.24. The van der Waals surface area contributed by atoms with E-state index < -0.39 is 6.10 Å². The molecule has 0 unspecified atom stereocenters. The van der Waals surface area contributed by atoms with Gasteiger partial charge < -0.3 is 14.8 Å². The first-order valence-electron chi connectivity index (χ1n) is 10.9. The van der Waals surface area contributed by atoms with Crippen molar-refractivity contribution >= 4 is 21.6 Å². The van der Waals surface area contributed by atoms with E-state index in [4.69, 9.17) is 9.72 Å². The van der Waals surface area contributed by atoms with Crippen LogP contribution in [0.3, 0.4) is 0 Å². The van der Waals surface area contributed by atoms with E-state index in [-0.39, 0.29) is 11.7 Å². The van der Waals surface area contributed by atoms with Crippen molar-refractivity contribution in [2.75, 3.05) is 13.2 Å². The van der Waals surface area contributed by atoms with Crippen LogP contribution in [0.2, 0.25) is 0 Å². The summed E-state index contributed by atoms with van der Waals surface area (Å²) in [6.07, 6.45) is 1.76. The first-order chi connectivity index (χ1) is 14.8. The van der Waals surface area contributed by atoms with Gasteiger partial charge in [-0.1, -0.05) is 23.8 Å². The smallest absolute Gasteiger partial charge is 0.260 e. The average Bonchev–Trinajstić information content (AvgIpc) is 3.47. The van der Waals surface area contributed by atoms with E-state index in [1.54, 1.807) is 0 Å². The van der Waals surface area contributed by atoms with Crippen molar-refractivity contribution in [3.63, 3.8) is 0 Å². The third-order valence-electron chi connectivity index (χ3n) is 5.66. The van der Waals surface area contributed by atoms with Gasteiger partial charge in [0, 0.05) is 23.5 Å². The van der Waals surface area contributed by atoms with E-state index in [0.717, 1.165) is 34.4 Å². The number of rotatable bonds is 9. The maximum absolute atomic E-state index is 13.0. The number of benzene rings is 1. The molecule has 6 nitrogen and oxygen atoms in total. The molecular formula is C24H31N3O3S. The molecule has 4 rings (SSSR count). The SMILES string of the molecule is Cc1ccc(C)c(-c2csc3nc(CN(C[C@@H](O)COC(C)C)C4CC4)[nH]c(=O)c23)c1. The van der Waals surface area contributed by atoms with Gasteiger partial charge in [-0.05, 0) is 51.7 Å². The van der Waals surface area contributed by atoms with E-state index in [1.807, 2.05) is 19.2 Å². The highest BCUT2D eigenvalue weighted by Crippen LogP contribution is 2.34. The van der Waals surface area contributed by atoms with Crippen molar-refractivity contribution in [2.24, 2.45) is 0 Å². The third-order valence-corrected chi connectivity index (χ3v) is 6.53. The van der Waals surface area contributed by atoms with Crippen LogP contribution in [0.25, 0.3) is 21.3 Å². The molecule has 2 heterocycles. The molecule has 2 aromatic heterocycles. The van der Waals surface area contributed by atoms with Gasteiger partial charge in [0.05, 0.1) is 30.7 Å². The summed E-state index contributed by atoms with van der Waals surface area (Å²) in [6, 6.07) is 6.73. The molecular weight excluding hydrogens is 410 g/mol. The number of hydrogen-bond donors (Lipinski definition) is 2. The molecule has 0 spiro atoms. The number of hydrogen-bond acceptors (Lipinski definition) is 6. The van der Waals surface area contributed by atoms with Crippen LogP contribution >= 0.6 is 11.3 Å². The Balaban J connectivity index is 1.58. The van der Waals surface area contributed by atoms with Crippen molar-refractivity contribution in [1.82, 2.24) is 14.9 Å². The topological polar surface area (TPSA) is 78.5 Å². The Bertz CT molecular complexity index is 1120. The van der Waals surface area contributed by atoms with Crippen LogP contribution in [0.1, 0.15) is 43.6 Å². The molecule has 7 heteroatoms. The van der Waals surface area contributed by atoms with Crippen molar-refractivity contribution in [1.29, 1.82) is 0 Å². The van der Waals surface area contributed by atoms with Crippen LogP contribution in [-0.2, 0) is 11.3 Å². The fourth-order valence-electron chi connectivity index (χ4n) is 3.89. The summed E-state index contributed by atoms with van der Waals surface area (Å²) in [4.78, 5) is 23.8. The number of nitrogens with zero attached hydrogens (tertiary/aromatic N) is 2. The standard InChI is InChI=1S/C24H31N3O3S/c1-14(2)30-12-18(28)10-27(17-7-8-17)11-21-25-23(29)22-20(13-31-24(22)26-21)19-9-15(3)5-6-16(19)4/h5-6,9,13-14,17-18,28H,7-8,10-12H2,1-4H3,(H,25,26,29)/t18-/m1/s1. The minimum Gasteiger partial charge on any atom is -0.389 e. The van der Waals surface area contributed by atoms with Crippen LogP contribution in [0.15, 0.2) is 28.4 Å². The molecule has 1 aromatic carbocycles. The van der Waals surface area contributed by atoms with Crippen LogP contribution in [-0.4, -0.2) is 51.4 Å². The maximum Gasteiger partial charge on any atom is 0.260 e. The highest BCUT2D eigenvalue weighted by atomic mass is 32.1. The summed E-state index contributed by atoms with van der Waals surface area (Å²) < 4.78 is 5.55. The number of aromatic amines is 1. The second-order valence-electron chi connectivity index (χ2n) is 8.86. The van der Waals surface area contributed by atoms with Crippen molar-refractivity contribution < 1.29 is 9.84 Å². The van der Waals surface area contributed by atoms with Crippen LogP contribution in [0, 0.1) is 13.8 Å². The van der Waals surface area contributed by atoms with Gasteiger partial charge in [-0.15, -0.1) is 11.3 Å². The molecule has 0 radical (unpaired) electrons. The Morgan fingerprint density at radius 2 is 2.06 bits per heavy atom. The zero-order chi connectivity index (χ0) is 22.1. The van der Waals surface area contributed by atoms with Gasteiger partial charge in [-0.2, -0.15) is 0 Å². The number of aromatic nitrogens is 2. The molecule has 0 saturated heterocycles. The third kappa shape index (κ3) is 5.23. The summed E-state index contributed by atoms with van der Waals surface area (Å²) in [5, 5.41) is 13.1. The summed E-state index contributed by atoms with van der Waals surface area (Å²) in [7, 11) is 0. The number of fused-ring (bicyclic) bond motifs is 1. The second kappa shape index (κ2) is 9.20. The van der Waals surface area contributed by atoms with E-state index >= 15 is 0 Å². The molecule has 31 heavy (non-hydrogen) atoms. The highest BCUT2D eigenvalue weighted by molar-refractivity contribution is 7.17. The van der Waals surface area contributed by atoms with Crippen molar-refractivity contribution in [2.45, 2.75) is 65.3 Å². The second-order valence-corrected chi connectivity index (χ2v) is 9.72. The number of aliphatic hydroxyl groups excluding tert-OH is 1. The molecule has 166 valence electrons. The molecule has 1 aliphatic rings. The molecule has 2 N–H and O–H groups in total. The number of thiophene rings is 1. The molecule has 1 atom stereocenters. The fraction of sp³-hybridized carbons (Fsp3) is 0.500. The van der Waals surface area contributed by atoms with E-state index in [2.05, 4.69) is 41.9 Å². The number of nitrogens with one attached hydrogen (secondary N) is 1. The van der Waals surface area contributed by atoms with Gasteiger partial charge in [0.2, 0.25) is 0 Å². The Labute approximate surface area is 186 Å². The molecule has 0 amide bonds. The van der Waals surface area contributed by atoms with Crippen LogP contribution in [0.4, 0.5) is 0 Å². The fourth-order valence-corrected chi connectivity index (χ4v) is 4.85. The minimum atomic E-state index is -0.559. The molecule has 0 bridgehead atoms. The number of H-pyrrole nitrogens is 1. The van der Waals surface area contributed by atoms with E-state index in [0.29, 0.717) is 36.9 Å². The molecule has 3 aromatic rings. The zero-order valence-corrected chi connectivity index (χ0v) is 19.5. The minimum absolute atomic E-state index is 0.0921. The quantitative estimate of drug-likeness (QED) is 0.524. The van der Waals surface area contributed by atoms with Gasteiger partial charge in [0.1, 0.15) is 10.7 Å². The molecule has 1 aliphatic carbocycles. The Morgan fingerprint density at radius 3 is 2.77 bits per heavy atom. The van der Waals surface area contributed by atoms with E-state index in [1.165, 1.54) is 16.9 Å². The van der Waals surface area contributed by atoms with E-state index in [9.17, 15) is 9.90 Å². The normalized spacial score (nSPS) is 15.3. The van der Waals surface area contributed by atoms with Gasteiger partial charge in [0.15, 0.2) is 0 Å². The zero-order valence-electron chi connectivity index (χ0n) is 18.6. The largest absolute Gasteiger partial charge is 0.389 e. The van der Waals surface area contributed by atoms with Crippen molar-refractivity contribution in [3.8, 4) is 11.1 Å². The summed E-state index contributed by atoms with van der Waals surface area (Å²) >= 11 is 1.51. The Hall–Kier alpha value is -2.06. The molecule has 0 aliphatic heterocycles. The van der Waals surface area contributed by atoms with Crippen LogP contribution < -0.4 is 5.56 Å². The number of aliphatic hydroxyl groups is 1. The lowest BCUT2D eigenvalue weighted by Crippen LogP contribution is -2.37. The first-order valence-corrected chi connectivity index (χ1v) is 11.8. The maximum atomic E-state index is 13.0. The lowest BCUT2D eigenvalue weighted by molar-refractivity contribution is -0.0110. The monoisotopic (exact) mass is 441 g/mol. The summed E-state index contributed by atoms with van der Waals surface area (Å²) in [5.74, 6) is 0.649. The predicted octanol–water partition coefficient (Wildman–Crippen LogP) is 4.02. The van der Waals surface area contributed by atoms with Crippen LogP contribution in [0.5, 0.6) is 0 Å². The Morgan fingerprint density at radius 1 is 1.29 bits per heavy atom. The lowest BCUT2D eigenvalue weighted by atomic mass is 9.99. The summed E-state index contributed by atoms with van der Waals surface area (Å²) in [6.45, 7) is 9.39. The van der Waals surface area contributed by atoms with Gasteiger partial charge in [0.25, 0.3) is 5.56 Å². The predicted molar refractivity (Wildman–Crippen MR) is 126 cm³/mol. The van der Waals surface area contributed by atoms with Gasteiger partial charge in [-0.25, -0.2) is 4.98 Å². The number of aryl methyl sites for hydroxylation is 2. The average molecular weight is 442 g/mol. The highest BCUT2D eigenvalue weighted by Gasteiger charge is 2.31. The summed E-state index contributed by atoms with van der Waals surface area (Å²) in [5.41, 5.74) is 4.24. The number of ether oxygens (including phenoxy) is 1. The molecule has 1 saturated carbocycles. The van der Waals surface area contributed by atoms with Crippen molar-refractivity contribution in [3.05, 3.63) is 50.9 Å². The van der Waals surface area contributed by atoms with Gasteiger partial charge >= 0.3 is 0 Å². The Kier molecular flexibility index (Phi) is 6.57.